The highest BCUT2D eigenvalue weighted by Crippen LogP contribution is 2.05. The molecule has 1 aliphatic rings. The fraction of sp³-hybridized carbons (Fsp3) is 1.00. The van der Waals surface area contributed by atoms with E-state index in [1.807, 2.05) is 0 Å². The molecule has 4 heteroatoms. The summed E-state index contributed by atoms with van der Waals surface area (Å²) in [6.45, 7) is 12.8. The van der Waals surface area contributed by atoms with Crippen LogP contribution in [0.4, 0.5) is 0 Å². The Morgan fingerprint density at radius 2 is 2.25 bits per heavy atom. The third kappa shape index (κ3) is 5.25. The lowest BCUT2D eigenvalue weighted by Gasteiger charge is -2.34. The molecule has 1 saturated heterocycles. The van der Waals surface area contributed by atoms with Crippen molar-refractivity contribution in [1.82, 2.24) is 15.1 Å². The first-order chi connectivity index (χ1) is 7.76. The number of ether oxygens (including phenoxy) is 1. The van der Waals surface area contributed by atoms with Gasteiger partial charge in [-0.15, -0.1) is 0 Å². The molecule has 1 rings (SSSR count). The first-order valence-electron chi connectivity index (χ1n) is 6.49. The maximum Gasteiger partial charge on any atom is 0.0829 e. The average molecular weight is 229 g/mol. The third-order valence-corrected chi connectivity index (χ3v) is 3.13. The van der Waals surface area contributed by atoms with E-state index in [1.165, 1.54) is 0 Å². The van der Waals surface area contributed by atoms with Crippen LogP contribution in [0.5, 0.6) is 0 Å². The summed E-state index contributed by atoms with van der Waals surface area (Å²) in [6.07, 6.45) is 0.389. The summed E-state index contributed by atoms with van der Waals surface area (Å²) in [7, 11) is 2.15. The van der Waals surface area contributed by atoms with Gasteiger partial charge in [-0.1, -0.05) is 13.8 Å². The van der Waals surface area contributed by atoms with E-state index in [4.69, 9.17) is 4.74 Å². The molecule has 0 unspecified atom stereocenters. The first-order valence-corrected chi connectivity index (χ1v) is 6.49. The van der Waals surface area contributed by atoms with Crippen molar-refractivity contribution < 1.29 is 4.74 Å². The molecule has 4 nitrogen and oxygen atoms in total. The summed E-state index contributed by atoms with van der Waals surface area (Å²) in [5, 5.41) is 3.37. The van der Waals surface area contributed by atoms with Crippen LogP contribution in [0, 0.1) is 0 Å². The number of morpholine rings is 1. The van der Waals surface area contributed by atoms with Crippen molar-refractivity contribution in [2.45, 2.75) is 20.0 Å². The van der Waals surface area contributed by atoms with Crippen molar-refractivity contribution in [2.24, 2.45) is 0 Å². The molecule has 0 aromatic rings. The molecule has 0 bridgehead atoms. The van der Waals surface area contributed by atoms with Gasteiger partial charge in [0.15, 0.2) is 0 Å². The Balaban J connectivity index is 2.19. The average Bonchev–Trinajstić information content (AvgIpc) is 2.30. The zero-order valence-electron chi connectivity index (χ0n) is 11.0. The fourth-order valence-electron chi connectivity index (χ4n) is 1.98. The van der Waals surface area contributed by atoms with Gasteiger partial charge in [0.2, 0.25) is 0 Å². The molecule has 1 atom stereocenters. The lowest BCUT2D eigenvalue weighted by molar-refractivity contribution is -0.0394. The SMILES string of the molecule is CCNCCN1CCO[C@@H](CN(C)CC)C1. The van der Waals surface area contributed by atoms with Crippen LogP contribution in [0.3, 0.4) is 0 Å². The normalized spacial score (nSPS) is 22.9. The molecule has 0 saturated carbocycles. The summed E-state index contributed by atoms with van der Waals surface area (Å²) < 4.78 is 5.78. The van der Waals surface area contributed by atoms with Crippen molar-refractivity contribution in [1.29, 1.82) is 0 Å². The van der Waals surface area contributed by atoms with E-state index in [0.717, 1.165) is 52.4 Å². The van der Waals surface area contributed by atoms with E-state index in [1.54, 1.807) is 0 Å². The van der Waals surface area contributed by atoms with Crippen LogP contribution < -0.4 is 5.32 Å². The number of likely N-dealkylation sites (N-methyl/N-ethyl adjacent to an activating group) is 2. The van der Waals surface area contributed by atoms with Crippen LogP contribution in [0.15, 0.2) is 0 Å². The van der Waals surface area contributed by atoms with Gasteiger partial charge in [0, 0.05) is 32.7 Å². The van der Waals surface area contributed by atoms with Gasteiger partial charge in [0.1, 0.15) is 0 Å². The summed E-state index contributed by atoms with van der Waals surface area (Å²) in [6, 6.07) is 0. The van der Waals surface area contributed by atoms with Gasteiger partial charge in [-0.05, 0) is 20.1 Å². The molecular formula is C12H27N3O. The molecule has 1 fully saturated rings. The van der Waals surface area contributed by atoms with Crippen molar-refractivity contribution in [3.8, 4) is 0 Å². The van der Waals surface area contributed by atoms with Gasteiger partial charge in [-0.25, -0.2) is 0 Å². The Bertz CT molecular complexity index is 178. The Morgan fingerprint density at radius 3 is 2.94 bits per heavy atom. The Labute approximate surface area is 99.9 Å². The molecule has 1 N–H and O–H groups in total. The molecule has 16 heavy (non-hydrogen) atoms. The highest BCUT2D eigenvalue weighted by Gasteiger charge is 2.20. The second-order valence-electron chi connectivity index (χ2n) is 4.50. The first kappa shape index (κ1) is 13.9. The molecular weight excluding hydrogens is 202 g/mol. The minimum absolute atomic E-state index is 0.389. The van der Waals surface area contributed by atoms with Crippen LogP contribution in [0.2, 0.25) is 0 Å². The molecule has 0 spiro atoms. The van der Waals surface area contributed by atoms with Gasteiger partial charge in [-0.2, -0.15) is 0 Å². The third-order valence-electron chi connectivity index (χ3n) is 3.13. The second kappa shape index (κ2) is 8.01. The number of nitrogens with zero attached hydrogens (tertiary/aromatic N) is 2. The number of hydrogen-bond donors (Lipinski definition) is 1. The summed E-state index contributed by atoms with van der Waals surface area (Å²) >= 11 is 0. The van der Waals surface area contributed by atoms with Crippen LogP contribution >= 0.6 is 0 Å². The number of hydrogen-bond acceptors (Lipinski definition) is 4. The minimum Gasteiger partial charge on any atom is -0.374 e. The van der Waals surface area contributed by atoms with E-state index in [2.05, 4.69) is 36.0 Å². The van der Waals surface area contributed by atoms with Gasteiger partial charge < -0.3 is 15.0 Å². The highest BCUT2D eigenvalue weighted by molar-refractivity contribution is 4.74. The maximum atomic E-state index is 5.78. The summed E-state index contributed by atoms with van der Waals surface area (Å²) in [5.74, 6) is 0. The smallest absolute Gasteiger partial charge is 0.0829 e. The number of rotatable bonds is 7. The van der Waals surface area contributed by atoms with E-state index in [-0.39, 0.29) is 0 Å². The largest absolute Gasteiger partial charge is 0.374 e. The topological polar surface area (TPSA) is 27.7 Å². The molecule has 1 heterocycles. The summed E-state index contributed by atoms with van der Waals surface area (Å²) in [5.41, 5.74) is 0. The van der Waals surface area contributed by atoms with E-state index in [0.29, 0.717) is 6.10 Å². The van der Waals surface area contributed by atoms with Crippen molar-refractivity contribution >= 4 is 0 Å². The maximum absolute atomic E-state index is 5.78. The fourth-order valence-corrected chi connectivity index (χ4v) is 1.98. The van der Waals surface area contributed by atoms with Crippen molar-refractivity contribution in [3.63, 3.8) is 0 Å². The van der Waals surface area contributed by atoms with E-state index >= 15 is 0 Å². The molecule has 0 aromatic carbocycles. The van der Waals surface area contributed by atoms with E-state index in [9.17, 15) is 0 Å². The van der Waals surface area contributed by atoms with Gasteiger partial charge in [0.25, 0.3) is 0 Å². The van der Waals surface area contributed by atoms with Gasteiger partial charge >= 0.3 is 0 Å². The second-order valence-corrected chi connectivity index (χ2v) is 4.50. The molecule has 0 amide bonds. The molecule has 0 radical (unpaired) electrons. The molecule has 0 aromatic heterocycles. The van der Waals surface area contributed by atoms with Crippen LogP contribution in [0.1, 0.15) is 13.8 Å². The Morgan fingerprint density at radius 1 is 1.44 bits per heavy atom. The molecule has 1 aliphatic heterocycles. The van der Waals surface area contributed by atoms with Crippen molar-refractivity contribution in [3.05, 3.63) is 0 Å². The highest BCUT2D eigenvalue weighted by atomic mass is 16.5. The standard InChI is InChI=1S/C12H27N3O/c1-4-13-6-7-15-8-9-16-12(11-15)10-14(3)5-2/h12-13H,4-11H2,1-3H3/t12-/m0/s1. The molecule has 96 valence electrons. The minimum atomic E-state index is 0.389. The van der Waals surface area contributed by atoms with Crippen LogP contribution in [-0.4, -0.2) is 75.4 Å². The lowest BCUT2D eigenvalue weighted by atomic mass is 10.2. The Kier molecular flexibility index (Phi) is 6.96. The Hall–Kier alpha value is -0.160. The van der Waals surface area contributed by atoms with Crippen LogP contribution in [0.25, 0.3) is 0 Å². The van der Waals surface area contributed by atoms with Crippen molar-refractivity contribution in [2.75, 3.05) is 59.5 Å². The summed E-state index contributed by atoms with van der Waals surface area (Å²) in [4.78, 5) is 4.82. The van der Waals surface area contributed by atoms with Gasteiger partial charge in [0.05, 0.1) is 12.7 Å². The van der Waals surface area contributed by atoms with E-state index < -0.39 is 0 Å². The predicted molar refractivity (Wildman–Crippen MR) is 67.9 cm³/mol. The zero-order valence-corrected chi connectivity index (χ0v) is 11.0. The lowest BCUT2D eigenvalue weighted by Crippen LogP contribution is -2.48. The monoisotopic (exact) mass is 229 g/mol. The van der Waals surface area contributed by atoms with Crippen LogP contribution in [-0.2, 0) is 4.74 Å². The predicted octanol–water partition coefficient (Wildman–Crippen LogP) is 0.248. The molecule has 0 aliphatic carbocycles. The quantitative estimate of drug-likeness (QED) is 0.633. The van der Waals surface area contributed by atoms with Gasteiger partial charge in [-0.3, -0.25) is 4.90 Å². The zero-order chi connectivity index (χ0) is 11.8. The number of nitrogens with one attached hydrogen (secondary N) is 1.